The fourth-order valence-electron chi connectivity index (χ4n) is 3.36. The molecule has 27 heavy (non-hydrogen) atoms. The normalized spacial score (nSPS) is 17.0. The minimum absolute atomic E-state index is 0.126. The first-order valence-electron chi connectivity index (χ1n) is 9.11. The van der Waals surface area contributed by atoms with Crippen LogP contribution >= 0.6 is 0 Å². The van der Waals surface area contributed by atoms with E-state index in [0.29, 0.717) is 25.4 Å². The number of benzene rings is 1. The molecule has 6 heteroatoms. The van der Waals surface area contributed by atoms with Gasteiger partial charge in [-0.1, -0.05) is 31.9 Å². The van der Waals surface area contributed by atoms with Crippen LogP contribution in [0.3, 0.4) is 0 Å². The highest BCUT2D eigenvalue weighted by molar-refractivity contribution is 5.94. The summed E-state index contributed by atoms with van der Waals surface area (Å²) in [5.41, 5.74) is 2.82. The molecule has 2 heterocycles. The van der Waals surface area contributed by atoms with Gasteiger partial charge in [0, 0.05) is 23.7 Å². The minimum atomic E-state index is -0.342. The summed E-state index contributed by atoms with van der Waals surface area (Å²) in [6.45, 7) is 8.98. The van der Waals surface area contributed by atoms with Gasteiger partial charge in [0.25, 0.3) is 5.91 Å². The summed E-state index contributed by atoms with van der Waals surface area (Å²) in [4.78, 5) is 14.4. The topological polar surface area (TPSA) is 47.4 Å². The number of carbonyl (C=O) groups is 1. The van der Waals surface area contributed by atoms with E-state index < -0.39 is 0 Å². The highest BCUT2D eigenvalue weighted by Crippen LogP contribution is 2.31. The molecule has 0 bridgehead atoms. The first-order valence-corrected chi connectivity index (χ1v) is 9.11. The molecule has 0 radical (unpaired) electrons. The molecular formula is C21H24FN3O2. The van der Waals surface area contributed by atoms with Gasteiger partial charge in [-0.2, -0.15) is 5.10 Å². The molecule has 142 valence electrons. The number of rotatable bonds is 2. The Bertz CT molecular complexity index is 908. The van der Waals surface area contributed by atoms with E-state index in [4.69, 9.17) is 4.74 Å². The number of halogens is 1. The number of amides is 1. The number of ether oxygens (including phenoxy) is 1. The van der Waals surface area contributed by atoms with E-state index in [0.717, 1.165) is 17.0 Å². The summed E-state index contributed by atoms with van der Waals surface area (Å²) >= 11 is 0. The molecule has 5 nitrogen and oxygen atoms in total. The number of carbonyl (C=O) groups excluding carboxylic acids is 1. The summed E-state index contributed by atoms with van der Waals surface area (Å²) in [6.07, 6.45) is 0. The highest BCUT2D eigenvalue weighted by Gasteiger charge is 2.32. The zero-order chi connectivity index (χ0) is 19.6. The number of para-hydroxylation sites is 1. The SMILES string of the molecule is Cc1nn(-c2ccccc2F)c(C)c1C1COCCN1C(=O)C#CC(C)C. The van der Waals surface area contributed by atoms with Gasteiger partial charge in [0.2, 0.25) is 0 Å². The fourth-order valence-corrected chi connectivity index (χ4v) is 3.36. The van der Waals surface area contributed by atoms with E-state index in [1.807, 2.05) is 27.7 Å². The van der Waals surface area contributed by atoms with Crippen LogP contribution in [0.5, 0.6) is 0 Å². The Morgan fingerprint density at radius 1 is 1.33 bits per heavy atom. The lowest BCUT2D eigenvalue weighted by molar-refractivity contribution is -0.133. The Balaban J connectivity index is 2.01. The molecule has 0 N–H and O–H groups in total. The predicted octanol–water partition coefficient (Wildman–Crippen LogP) is 3.19. The summed E-state index contributed by atoms with van der Waals surface area (Å²) in [5.74, 6) is 5.23. The maximum Gasteiger partial charge on any atom is 0.299 e. The third kappa shape index (κ3) is 3.88. The molecule has 1 fully saturated rings. The third-order valence-corrected chi connectivity index (χ3v) is 4.62. The van der Waals surface area contributed by atoms with E-state index in [2.05, 4.69) is 16.9 Å². The van der Waals surface area contributed by atoms with Crippen LogP contribution in [0.25, 0.3) is 5.69 Å². The van der Waals surface area contributed by atoms with Gasteiger partial charge in [-0.15, -0.1) is 0 Å². The van der Waals surface area contributed by atoms with Crippen molar-refractivity contribution >= 4 is 5.91 Å². The van der Waals surface area contributed by atoms with Crippen LogP contribution in [-0.4, -0.2) is 40.3 Å². The molecule has 1 aliphatic heterocycles. The van der Waals surface area contributed by atoms with Crippen molar-refractivity contribution in [1.29, 1.82) is 0 Å². The molecule has 1 aliphatic rings. The molecule has 1 aromatic carbocycles. The average Bonchev–Trinajstić information content (AvgIpc) is 2.94. The molecule has 0 aliphatic carbocycles. The molecule has 1 aromatic heterocycles. The standard InChI is InChI=1S/C21H24FN3O2/c1-14(2)9-10-20(26)24-11-12-27-13-19(24)21-15(3)23-25(16(21)4)18-8-6-5-7-17(18)22/h5-8,14,19H,11-13H2,1-4H3. The van der Waals surface area contributed by atoms with Crippen LogP contribution in [0.4, 0.5) is 4.39 Å². The number of hydrogen-bond acceptors (Lipinski definition) is 3. The molecular weight excluding hydrogens is 345 g/mol. The summed E-state index contributed by atoms with van der Waals surface area (Å²) in [5, 5.41) is 4.53. The van der Waals surface area contributed by atoms with Crippen molar-refractivity contribution in [2.45, 2.75) is 33.7 Å². The Kier molecular flexibility index (Phi) is 5.62. The third-order valence-electron chi connectivity index (χ3n) is 4.62. The lowest BCUT2D eigenvalue weighted by atomic mass is 10.0. The molecule has 1 atom stereocenters. The highest BCUT2D eigenvalue weighted by atomic mass is 19.1. The average molecular weight is 369 g/mol. The molecule has 3 rings (SSSR count). The monoisotopic (exact) mass is 369 g/mol. The largest absolute Gasteiger partial charge is 0.377 e. The second-order valence-corrected chi connectivity index (χ2v) is 6.96. The predicted molar refractivity (Wildman–Crippen MR) is 101 cm³/mol. The van der Waals surface area contributed by atoms with Gasteiger partial charge in [0.05, 0.1) is 24.9 Å². The van der Waals surface area contributed by atoms with Crippen molar-refractivity contribution < 1.29 is 13.9 Å². The zero-order valence-electron chi connectivity index (χ0n) is 16.1. The van der Waals surface area contributed by atoms with E-state index in [1.54, 1.807) is 27.8 Å². The first-order chi connectivity index (χ1) is 12.9. The summed E-state index contributed by atoms with van der Waals surface area (Å²) in [7, 11) is 0. The van der Waals surface area contributed by atoms with E-state index in [9.17, 15) is 9.18 Å². The maximum absolute atomic E-state index is 14.3. The van der Waals surface area contributed by atoms with E-state index in [-0.39, 0.29) is 23.7 Å². The maximum atomic E-state index is 14.3. The van der Waals surface area contributed by atoms with Crippen LogP contribution in [-0.2, 0) is 9.53 Å². The summed E-state index contributed by atoms with van der Waals surface area (Å²) < 4.78 is 21.5. The minimum Gasteiger partial charge on any atom is -0.377 e. The van der Waals surface area contributed by atoms with Gasteiger partial charge in [-0.3, -0.25) is 4.79 Å². The van der Waals surface area contributed by atoms with Gasteiger partial charge < -0.3 is 9.64 Å². The van der Waals surface area contributed by atoms with Crippen molar-refractivity contribution in [3.05, 3.63) is 47.0 Å². The molecule has 0 spiro atoms. The second kappa shape index (κ2) is 7.93. The second-order valence-electron chi connectivity index (χ2n) is 6.96. The lowest BCUT2D eigenvalue weighted by Crippen LogP contribution is -2.43. The van der Waals surface area contributed by atoms with Crippen LogP contribution in [0.2, 0.25) is 0 Å². The molecule has 1 unspecified atom stereocenters. The quantitative estimate of drug-likeness (QED) is 0.764. The van der Waals surface area contributed by atoms with E-state index in [1.165, 1.54) is 6.07 Å². The number of nitrogens with zero attached hydrogens (tertiary/aromatic N) is 3. The Morgan fingerprint density at radius 3 is 2.78 bits per heavy atom. The van der Waals surface area contributed by atoms with Gasteiger partial charge in [-0.05, 0) is 31.9 Å². The fraction of sp³-hybridized carbons (Fsp3) is 0.429. The van der Waals surface area contributed by atoms with Crippen LogP contribution in [0.15, 0.2) is 24.3 Å². The molecule has 1 amide bonds. The number of morpholine rings is 1. The van der Waals surface area contributed by atoms with Crippen molar-refractivity contribution in [2.75, 3.05) is 19.8 Å². The number of aryl methyl sites for hydroxylation is 1. The van der Waals surface area contributed by atoms with Crippen molar-refractivity contribution in [2.24, 2.45) is 5.92 Å². The molecule has 2 aromatic rings. The van der Waals surface area contributed by atoms with Gasteiger partial charge in [-0.25, -0.2) is 9.07 Å². The van der Waals surface area contributed by atoms with Crippen molar-refractivity contribution in [3.8, 4) is 17.5 Å². The van der Waals surface area contributed by atoms with Gasteiger partial charge in [0.15, 0.2) is 0 Å². The van der Waals surface area contributed by atoms with Crippen molar-refractivity contribution in [3.63, 3.8) is 0 Å². The molecule has 1 saturated heterocycles. The van der Waals surface area contributed by atoms with Crippen LogP contribution in [0, 0.1) is 37.4 Å². The Morgan fingerprint density at radius 2 is 2.07 bits per heavy atom. The Labute approximate surface area is 159 Å². The zero-order valence-corrected chi connectivity index (χ0v) is 16.1. The first kappa shape index (κ1) is 19.1. The smallest absolute Gasteiger partial charge is 0.299 e. The van der Waals surface area contributed by atoms with Crippen LogP contribution in [0.1, 0.15) is 36.8 Å². The summed E-state index contributed by atoms with van der Waals surface area (Å²) in [6, 6.07) is 6.23. The van der Waals surface area contributed by atoms with Gasteiger partial charge in [0.1, 0.15) is 11.5 Å². The number of hydrogen-bond donors (Lipinski definition) is 0. The molecule has 0 saturated carbocycles. The van der Waals surface area contributed by atoms with E-state index >= 15 is 0 Å². The van der Waals surface area contributed by atoms with Crippen molar-refractivity contribution in [1.82, 2.24) is 14.7 Å². The number of aromatic nitrogens is 2. The lowest BCUT2D eigenvalue weighted by Gasteiger charge is -2.34. The Hall–Kier alpha value is -2.65. The van der Waals surface area contributed by atoms with Gasteiger partial charge >= 0.3 is 0 Å². The van der Waals surface area contributed by atoms with Crippen LogP contribution < -0.4 is 0 Å².